The van der Waals surface area contributed by atoms with Crippen LogP contribution in [0.5, 0.6) is 0 Å². The zero-order chi connectivity index (χ0) is 10.3. The van der Waals surface area contributed by atoms with Gasteiger partial charge in [-0.05, 0) is 12.1 Å². The summed E-state index contributed by atoms with van der Waals surface area (Å²) in [7, 11) is 0. The fraction of sp³-hybridized carbons (Fsp3) is 0. The maximum Gasteiger partial charge on any atom is 0.145 e. The van der Waals surface area contributed by atoms with Crippen molar-refractivity contribution in [1.82, 2.24) is 10.2 Å². The summed E-state index contributed by atoms with van der Waals surface area (Å²) in [6, 6.07) is 9.70. The van der Waals surface area contributed by atoms with E-state index in [1.54, 1.807) is 12.3 Å². The summed E-state index contributed by atoms with van der Waals surface area (Å²) >= 11 is 0. The Bertz CT molecular complexity index is 609. The lowest BCUT2D eigenvalue weighted by Gasteiger charge is -1.96. The van der Waals surface area contributed by atoms with Gasteiger partial charge in [0.25, 0.3) is 0 Å². The van der Waals surface area contributed by atoms with E-state index in [-0.39, 0.29) is 0 Å². The van der Waals surface area contributed by atoms with Gasteiger partial charge in [-0.2, -0.15) is 5.10 Å². The summed E-state index contributed by atoms with van der Waals surface area (Å²) in [4.78, 5) is 0. The van der Waals surface area contributed by atoms with Crippen LogP contribution in [0.3, 0.4) is 0 Å². The first-order valence-electron chi connectivity index (χ1n) is 4.61. The molecule has 15 heavy (non-hydrogen) atoms. The second kappa shape index (κ2) is 2.88. The molecular weight excluding hydrogens is 190 g/mol. The smallest absolute Gasteiger partial charge is 0.145 e. The Kier molecular flexibility index (Phi) is 1.56. The molecule has 0 radical (unpaired) electrons. The van der Waals surface area contributed by atoms with Crippen molar-refractivity contribution in [2.75, 3.05) is 5.73 Å². The number of H-pyrrole nitrogens is 1. The van der Waals surface area contributed by atoms with Crippen molar-refractivity contribution in [1.29, 1.82) is 0 Å². The number of fused-ring (bicyclic) bond motifs is 1. The fourth-order valence-corrected chi connectivity index (χ4v) is 1.61. The molecule has 4 nitrogen and oxygen atoms in total. The van der Waals surface area contributed by atoms with Gasteiger partial charge in [-0.15, -0.1) is 0 Å². The minimum atomic E-state index is 0.490. The van der Waals surface area contributed by atoms with E-state index in [2.05, 4.69) is 10.2 Å². The largest absolute Gasteiger partial charge is 0.464 e. The first-order chi connectivity index (χ1) is 7.33. The van der Waals surface area contributed by atoms with Crippen LogP contribution in [0.4, 0.5) is 5.82 Å². The molecule has 4 heteroatoms. The molecule has 3 aromatic rings. The third kappa shape index (κ3) is 1.27. The van der Waals surface area contributed by atoms with Crippen molar-refractivity contribution in [2.45, 2.75) is 0 Å². The Morgan fingerprint density at radius 1 is 1.20 bits per heavy atom. The molecule has 0 fully saturated rings. The SMILES string of the molecule is Nc1cc(-c2ccc3ccoc3c2)[nH]n1. The maximum absolute atomic E-state index is 5.54. The van der Waals surface area contributed by atoms with Crippen LogP contribution >= 0.6 is 0 Å². The van der Waals surface area contributed by atoms with Gasteiger partial charge in [-0.1, -0.05) is 12.1 Å². The van der Waals surface area contributed by atoms with Crippen LogP contribution in [-0.2, 0) is 0 Å². The number of hydrogen-bond donors (Lipinski definition) is 2. The Hall–Kier alpha value is -2.23. The molecule has 2 heterocycles. The van der Waals surface area contributed by atoms with E-state index < -0.39 is 0 Å². The molecule has 3 rings (SSSR count). The Morgan fingerprint density at radius 2 is 2.13 bits per heavy atom. The number of benzene rings is 1. The van der Waals surface area contributed by atoms with Gasteiger partial charge in [0.1, 0.15) is 11.4 Å². The molecule has 74 valence electrons. The number of furan rings is 1. The van der Waals surface area contributed by atoms with Crippen molar-refractivity contribution < 1.29 is 4.42 Å². The maximum atomic E-state index is 5.54. The number of nitrogens with zero attached hydrogens (tertiary/aromatic N) is 1. The Morgan fingerprint density at radius 3 is 2.93 bits per heavy atom. The number of anilines is 1. The second-order valence-electron chi connectivity index (χ2n) is 3.38. The molecule has 0 aliphatic heterocycles. The summed E-state index contributed by atoms with van der Waals surface area (Å²) in [5.74, 6) is 0.490. The Balaban J connectivity index is 2.18. The molecular formula is C11H9N3O. The number of aromatic amines is 1. The molecule has 0 saturated heterocycles. The molecule has 2 aromatic heterocycles. The number of nitrogens with one attached hydrogen (secondary N) is 1. The first kappa shape index (κ1) is 8.11. The van der Waals surface area contributed by atoms with Crippen LogP contribution in [0.1, 0.15) is 0 Å². The number of rotatable bonds is 1. The van der Waals surface area contributed by atoms with Crippen LogP contribution in [0, 0.1) is 0 Å². The Labute approximate surface area is 85.7 Å². The van der Waals surface area contributed by atoms with Crippen LogP contribution in [0.2, 0.25) is 0 Å². The van der Waals surface area contributed by atoms with E-state index in [9.17, 15) is 0 Å². The predicted molar refractivity (Wildman–Crippen MR) is 58.2 cm³/mol. The van der Waals surface area contributed by atoms with Gasteiger partial charge in [0, 0.05) is 17.0 Å². The molecule has 3 N–H and O–H groups in total. The van der Waals surface area contributed by atoms with E-state index >= 15 is 0 Å². The zero-order valence-electron chi connectivity index (χ0n) is 7.90. The zero-order valence-corrected chi connectivity index (χ0v) is 7.90. The highest BCUT2D eigenvalue weighted by Gasteiger charge is 2.03. The normalized spacial score (nSPS) is 10.9. The van der Waals surface area contributed by atoms with Gasteiger partial charge in [0.15, 0.2) is 0 Å². The second-order valence-corrected chi connectivity index (χ2v) is 3.38. The standard InChI is InChI=1S/C11H9N3O/c12-11-6-9(13-14-11)8-2-1-7-3-4-15-10(7)5-8/h1-6H,(H3,12,13,14). The summed E-state index contributed by atoms with van der Waals surface area (Å²) in [6.07, 6.45) is 1.68. The van der Waals surface area contributed by atoms with Gasteiger partial charge in [-0.3, -0.25) is 5.10 Å². The van der Waals surface area contributed by atoms with E-state index in [1.165, 1.54) is 0 Å². The highest BCUT2D eigenvalue weighted by molar-refractivity contribution is 5.82. The third-order valence-electron chi connectivity index (χ3n) is 2.36. The van der Waals surface area contributed by atoms with Crippen LogP contribution < -0.4 is 5.73 Å². The summed E-state index contributed by atoms with van der Waals surface area (Å²) in [6.45, 7) is 0. The molecule has 0 aliphatic rings. The van der Waals surface area contributed by atoms with Crippen molar-refractivity contribution in [3.63, 3.8) is 0 Å². The van der Waals surface area contributed by atoms with Crippen molar-refractivity contribution >= 4 is 16.8 Å². The van der Waals surface area contributed by atoms with Crippen LogP contribution in [0.15, 0.2) is 41.0 Å². The molecule has 0 unspecified atom stereocenters. The third-order valence-corrected chi connectivity index (χ3v) is 2.36. The lowest BCUT2D eigenvalue weighted by atomic mass is 10.1. The van der Waals surface area contributed by atoms with Gasteiger partial charge >= 0.3 is 0 Å². The number of hydrogen-bond acceptors (Lipinski definition) is 3. The van der Waals surface area contributed by atoms with Gasteiger partial charge < -0.3 is 10.2 Å². The number of aromatic nitrogens is 2. The number of nitrogen functional groups attached to an aromatic ring is 1. The molecule has 0 amide bonds. The van der Waals surface area contributed by atoms with Crippen LogP contribution in [-0.4, -0.2) is 10.2 Å². The number of nitrogens with two attached hydrogens (primary N) is 1. The lowest BCUT2D eigenvalue weighted by molar-refractivity contribution is 0.616. The van der Waals surface area contributed by atoms with E-state index in [1.807, 2.05) is 24.3 Å². The molecule has 0 aliphatic carbocycles. The quantitative estimate of drug-likeness (QED) is 0.632. The van der Waals surface area contributed by atoms with Crippen molar-refractivity contribution in [3.8, 4) is 11.3 Å². The van der Waals surface area contributed by atoms with Crippen molar-refractivity contribution in [2.24, 2.45) is 0 Å². The molecule has 0 bridgehead atoms. The lowest BCUT2D eigenvalue weighted by Crippen LogP contribution is -1.81. The van der Waals surface area contributed by atoms with Gasteiger partial charge in [-0.25, -0.2) is 0 Å². The van der Waals surface area contributed by atoms with Gasteiger partial charge in [0.2, 0.25) is 0 Å². The molecule has 1 aromatic carbocycles. The molecule has 0 spiro atoms. The minimum Gasteiger partial charge on any atom is -0.464 e. The summed E-state index contributed by atoms with van der Waals surface area (Å²) < 4.78 is 5.32. The van der Waals surface area contributed by atoms with Gasteiger partial charge in [0.05, 0.1) is 12.0 Å². The summed E-state index contributed by atoms with van der Waals surface area (Å²) in [5, 5.41) is 7.83. The topological polar surface area (TPSA) is 67.8 Å². The molecule has 0 saturated carbocycles. The summed E-state index contributed by atoms with van der Waals surface area (Å²) in [5.41, 5.74) is 8.31. The van der Waals surface area contributed by atoms with E-state index in [0.717, 1.165) is 22.2 Å². The fourth-order valence-electron chi connectivity index (χ4n) is 1.61. The average molecular weight is 199 g/mol. The molecule has 0 atom stereocenters. The van der Waals surface area contributed by atoms with E-state index in [0.29, 0.717) is 5.82 Å². The monoisotopic (exact) mass is 199 g/mol. The first-order valence-corrected chi connectivity index (χ1v) is 4.61. The highest BCUT2D eigenvalue weighted by Crippen LogP contribution is 2.24. The predicted octanol–water partition coefficient (Wildman–Crippen LogP) is 2.41. The highest BCUT2D eigenvalue weighted by atomic mass is 16.3. The average Bonchev–Trinajstić information content (AvgIpc) is 2.84. The van der Waals surface area contributed by atoms with E-state index in [4.69, 9.17) is 10.2 Å². The minimum absolute atomic E-state index is 0.490. The van der Waals surface area contributed by atoms with Crippen molar-refractivity contribution in [3.05, 3.63) is 36.6 Å². The van der Waals surface area contributed by atoms with Crippen LogP contribution in [0.25, 0.3) is 22.2 Å².